The van der Waals surface area contributed by atoms with E-state index < -0.39 is 16.6 Å². The van der Waals surface area contributed by atoms with Crippen molar-refractivity contribution in [1.82, 2.24) is 0 Å². The van der Waals surface area contributed by atoms with Crippen molar-refractivity contribution in [2.45, 2.75) is 135 Å². The van der Waals surface area contributed by atoms with E-state index in [1.165, 1.54) is 10.4 Å². The van der Waals surface area contributed by atoms with Crippen LogP contribution in [0.15, 0.2) is 104 Å². The number of aliphatic hydroxyl groups excluding tert-OH is 1. The van der Waals surface area contributed by atoms with Crippen molar-refractivity contribution in [3.63, 3.8) is 0 Å². The van der Waals surface area contributed by atoms with E-state index in [1.54, 1.807) is 0 Å². The topological polar surface area (TPSA) is 60.5 Å². The minimum Gasteiger partial charge on any atom is -0.416 e. The van der Waals surface area contributed by atoms with Crippen molar-refractivity contribution in [3.05, 3.63) is 109 Å². The molecule has 0 amide bonds. The summed E-state index contributed by atoms with van der Waals surface area (Å²) < 4.78 is 28.2. The molecular weight excluding hydrogens is 677 g/mol. The van der Waals surface area contributed by atoms with Crippen LogP contribution in [-0.2, 0) is 24.9 Å². The quantitative estimate of drug-likeness (QED) is 0.0669. The SMILES string of the molecule is C=CC[C@@H](C[C@H](C)O[Si](c1ccccc1)(c1ccccc1)C(C)(C)C)[C@@H](CO[Si](C(C)C)(C(C)C)C(C)C)[C@@H](OCc1ccccc1)[C@@H]1O[C@H]1CO. The highest BCUT2D eigenvalue weighted by atomic mass is 28.4. The van der Waals surface area contributed by atoms with Gasteiger partial charge >= 0.3 is 0 Å². The van der Waals surface area contributed by atoms with E-state index in [-0.39, 0.29) is 47.9 Å². The zero-order valence-corrected chi connectivity index (χ0v) is 35.8. The second kappa shape index (κ2) is 18.8. The number of aliphatic hydroxyl groups is 1. The van der Waals surface area contributed by atoms with Crippen LogP contribution in [0.3, 0.4) is 0 Å². The molecule has 0 spiro atoms. The molecule has 0 bridgehead atoms. The molecule has 1 aliphatic heterocycles. The minimum atomic E-state index is -2.78. The van der Waals surface area contributed by atoms with Crippen LogP contribution >= 0.6 is 0 Å². The van der Waals surface area contributed by atoms with Crippen LogP contribution in [0.1, 0.15) is 87.6 Å². The molecule has 0 unspecified atom stereocenters. The molecule has 3 aromatic rings. The molecule has 3 aromatic carbocycles. The zero-order valence-electron chi connectivity index (χ0n) is 33.8. The number of hydrogen-bond donors (Lipinski definition) is 1. The van der Waals surface area contributed by atoms with Gasteiger partial charge in [0.25, 0.3) is 8.32 Å². The van der Waals surface area contributed by atoms with Crippen LogP contribution in [0, 0.1) is 11.8 Å². The molecule has 1 N–H and O–H groups in total. The van der Waals surface area contributed by atoms with Crippen LogP contribution in [-0.4, -0.2) is 59.4 Å². The molecule has 52 heavy (non-hydrogen) atoms. The molecule has 286 valence electrons. The highest BCUT2D eigenvalue weighted by Crippen LogP contribution is 2.45. The van der Waals surface area contributed by atoms with E-state index in [2.05, 4.69) is 167 Å². The second-order valence-corrected chi connectivity index (χ2v) is 26.7. The summed E-state index contributed by atoms with van der Waals surface area (Å²) in [5.41, 5.74) is 2.48. The summed E-state index contributed by atoms with van der Waals surface area (Å²) >= 11 is 0. The number of hydrogen-bond acceptors (Lipinski definition) is 5. The standard InChI is InChI=1S/C45H68O5Si2/c1-12-22-38(29-36(8)50-52(45(9,10)11,39-25-18-14-19-26-39)40-27-20-15-21-28-40)41(32-48-51(33(2)3,34(4)5)35(6)7)43(44-42(30-46)49-44)47-31-37-23-16-13-17-24-37/h12-21,23-28,33-36,38,41-44,46H,1,22,29-32H2,2-11H3/t36-,38-,41+,42-,43+,44+/m0/s1. The van der Waals surface area contributed by atoms with E-state index in [4.69, 9.17) is 18.3 Å². The molecule has 4 rings (SSSR count). The third-order valence-electron chi connectivity index (χ3n) is 11.6. The Bertz CT molecular complexity index is 1410. The summed E-state index contributed by atoms with van der Waals surface area (Å²) in [6, 6.07) is 32.1. The van der Waals surface area contributed by atoms with Crippen LogP contribution in [0.2, 0.25) is 21.7 Å². The Labute approximate surface area is 318 Å². The number of allylic oxidation sites excluding steroid dienone is 1. The molecule has 0 aliphatic carbocycles. The number of benzene rings is 3. The van der Waals surface area contributed by atoms with Crippen molar-refractivity contribution in [3.8, 4) is 0 Å². The van der Waals surface area contributed by atoms with Crippen LogP contribution in [0.4, 0.5) is 0 Å². The Morgan fingerprint density at radius 3 is 1.71 bits per heavy atom. The molecule has 1 aliphatic rings. The first-order valence-electron chi connectivity index (χ1n) is 19.7. The Kier molecular flexibility index (Phi) is 15.3. The highest BCUT2D eigenvalue weighted by Gasteiger charge is 2.54. The largest absolute Gasteiger partial charge is 0.416 e. The molecule has 6 atom stereocenters. The smallest absolute Gasteiger partial charge is 0.261 e. The van der Waals surface area contributed by atoms with Gasteiger partial charge in [-0.05, 0) is 63.3 Å². The summed E-state index contributed by atoms with van der Waals surface area (Å²) in [4.78, 5) is 0. The normalized spacial score (nSPS) is 19.1. The van der Waals surface area contributed by atoms with E-state index in [0.717, 1.165) is 18.4 Å². The molecule has 1 fully saturated rings. The molecule has 7 heteroatoms. The van der Waals surface area contributed by atoms with Gasteiger partial charge in [0, 0.05) is 18.6 Å². The van der Waals surface area contributed by atoms with E-state index in [0.29, 0.717) is 29.8 Å². The van der Waals surface area contributed by atoms with Gasteiger partial charge in [0.15, 0.2) is 8.32 Å². The molecule has 5 nitrogen and oxygen atoms in total. The van der Waals surface area contributed by atoms with Crippen LogP contribution in [0.5, 0.6) is 0 Å². The monoisotopic (exact) mass is 744 g/mol. The van der Waals surface area contributed by atoms with Crippen molar-refractivity contribution in [2.75, 3.05) is 13.2 Å². The fourth-order valence-electron chi connectivity index (χ4n) is 9.19. The highest BCUT2D eigenvalue weighted by molar-refractivity contribution is 6.99. The second-order valence-electron chi connectivity index (χ2n) is 17.0. The van der Waals surface area contributed by atoms with Gasteiger partial charge in [-0.2, -0.15) is 0 Å². The lowest BCUT2D eigenvalue weighted by molar-refractivity contribution is -0.0542. The number of epoxide rings is 1. The maximum Gasteiger partial charge on any atom is 0.261 e. The Morgan fingerprint density at radius 1 is 0.788 bits per heavy atom. The molecule has 1 heterocycles. The summed E-state index contributed by atoms with van der Waals surface area (Å²) in [7, 11) is -5.00. The first kappa shape index (κ1) is 42.4. The van der Waals surface area contributed by atoms with Crippen molar-refractivity contribution in [1.29, 1.82) is 0 Å². The Morgan fingerprint density at radius 2 is 1.29 bits per heavy atom. The van der Waals surface area contributed by atoms with Crippen LogP contribution < -0.4 is 10.4 Å². The van der Waals surface area contributed by atoms with Gasteiger partial charge < -0.3 is 23.4 Å². The summed E-state index contributed by atoms with van der Waals surface area (Å²) in [5, 5.41) is 12.7. The van der Waals surface area contributed by atoms with Gasteiger partial charge in [-0.25, -0.2) is 0 Å². The zero-order chi connectivity index (χ0) is 38.1. The lowest BCUT2D eigenvalue weighted by atomic mass is 9.80. The average molecular weight is 745 g/mol. The van der Waals surface area contributed by atoms with Gasteiger partial charge in [0.05, 0.1) is 19.3 Å². The fraction of sp³-hybridized carbons (Fsp3) is 0.556. The third-order valence-corrected chi connectivity index (χ3v) is 22.8. The van der Waals surface area contributed by atoms with Crippen LogP contribution in [0.25, 0.3) is 0 Å². The van der Waals surface area contributed by atoms with E-state index in [1.807, 2.05) is 6.07 Å². The van der Waals surface area contributed by atoms with E-state index in [9.17, 15) is 5.11 Å². The fourth-order valence-corrected chi connectivity index (χ4v) is 19.4. The third kappa shape index (κ3) is 9.65. The molecule has 0 radical (unpaired) electrons. The minimum absolute atomic E-state index is 0.00316. The average Bonchev–Trinajstić information content (AvgIpc) is 3.90. The van der Waals surface area contributed by atoms with Gasteiger partial charge in [0.2, 0.25) is 0 Å². The van der Waals surface area contributed by atoms with Gasteiger partial charge in [-0.3, -0.25) is 0 Å². The molecular formula is C45H68O5Si2. The van der Waals surface area contributed by atoms with Crippen molar-refractivity contribution >= 4 is 27.0 Å². The van der Waals surface area contributed by atoms with Crippen molar-refractivity contribution < 1.29 is 23.4 Å². The molecule has 0 saturated carbocycles. The first-order valence-corrected chi connectivity index (χ1v) is 23.7. The predicted octanol–water partition coefficient (Wildman–Crippen LogP) is 9.69. The Hall–Kier alpha value is -2.37. The lowest BCUT2D eigenvalue weighted by Gasteiger charge is -2.46. The summed E-state index contributed by atoms with van der Waals surface area (Å²) in [5.74, 6) is 0.143. The predicted molar refractivity (Wildman–Crippen MR) is 222 cm³/mol. The molecule has 1 saturated heterocycles. The van der Waals surface area contributed by atoms with Gasteiger partial charge in [0.1, 0.15) is 12.2 Å². The maximum atomic E-state index is 10.2. The van der Waals surface area contributed by atoms with Crippen molar-refractivity contribution in [2.24, 2.45) is 11.8 Å². The van der Waals surface area contributed by atoms with Gasteiger partial charge in [-0.1, -0.05) is 159 Å². The Balaban J connectivity index is 1.77. The number of ether oxygens (including phenoxy) is 2. The summed E-state index contributed by atoms with van der Waals surface area (Å²) in [6.07, 6.45) is 2.90. The van der Waals surface area contributed by atoms with E-state index >= 15 is 0 Å². The van der Waals surface area contributed by atoms with Gasteiger partial charge in [-0.15, -0.1) is 6.58 Å². The molecule has 0 aromatic heterocycles. The summed E-state index contributed by atoms with van der Waals surface area (Å²) in [6.45, 7) is 28.6. The maximum absolute atomic E-state index is 10.2. The first-order chi connectivity index (χ1) is 24.7. The lowest BCUT2D eigenvalue weighted by Crippen LogP contribution is -2.67. The number of rotatable bonds is 21.